The summed E-state index contributed by atoms with van der Waals surface area (Å²) in [5.74, 6) is 2.95. The second kappa shape index (κ2) is 19.2. The molecule has 5 aromatic rings. The Balaban J connectivity index is 1.23. The third-order valence-electron chi connectivity index (χ3n) is 8.63. The van der Waals surface area contributed by atoms with E-state index >= 15 is 0 Å². The van der Waals surface area contributed by atoms with Crippen molar-refractivity contribution in [2.24, 2.45) is 0 Å². The van der Waals surface area contributed by atoms with E-state index in [9.17, 15) is 4.79 Å². The van der Waals surface area contributed by atoms with Crippen LogP contribution in [-0.4, -0.2) is 37.9 Å². The fourth-order valence-corrected chi connectivity index (χ4v) is 5.76. The molecule has 0 fully saturated rings. The number of aromatic nitrogens is 1. The number of esters is 1. The second-order valence-corrected chi connectivity index (χ2v) is 12.4. The molecule has 1 heterocycles. The highest BCUT2D eigenvalue weighted by atomic mass is 16.5. The van der Waals surface area contributed by atoms with Crippen molar-refractivity contribution in [1.82, 2.24) is 4.98 Å². The summed E-state index contributed by atoms with van der Waals surface area (Å²) in [6.45, 7) is 7.63. The summed E-state index contributed by atoms with van der Waals surface area (Å²) in [6, 6.07) is 26.8. The zero-order chi connectivity index (χ0) is 35.0. The van der Waals surface area contributed by atoms with E-state index < -0.39 is 5.97 Å². The van der Waals surface area contributed by atoms with E-state index in [0.717, 1.165) is 59.0 Å². The van der Waals surface area contributed by atoms with E-state index in [1.807, 2.05) is 78.9 Å². The number of methoxy groups -OCH3 is 1. The average Bonchev–Trinajstić information content (AvgIpc) is 3.15. The summed E-state index contributed by atoms with van der Waals surface area (Å²) in [5.41, 5.74) is 2.23. The van der Waals surface area contributed by atoms with Gasteiger partial charge in [0.05, 0.1) is 38.0 Å². The predicted molar refractivity (Wildman–Crippen MR) is 201 cm³/mol. The third-order valence-corrected chi connectivity index (χ3v) is 8.63. The summed E-state index contributed by atoms with van der Waals surface area (Å²) < 4.78 is 29.3. The van der Waals surface area contributed by atoms with Crippen molar-refractivity contribution in [2.45, 2.75) is 71.1 Å². The molecule has 7 nitrogen and oxygen atoms in total. The van der Waals surface area contributed by atoms with Gasteiger partial charge in [0.2, 0.25) is 5.88 Å². The third kappa shape index (κ3) is 10.5. The maximum atomic E-state index is 13.2. The van der Waals surface area contributed by atoms with Gasteiger partial charge in [-0.2, -0.15) is 0 Å². The molecule has 0 N–H and O–H groups in total. The molecule has 0 aliphatic heterocycles. The molecule has 4 aromatic carbocycles. The molecule has 0 amide bonds. The minimum Gasteiger partial charge on any atom is -0.497 e. The first-order chi connectivity index (χ1) is 24.6. The second-order valence-electron chi connectivity index (χ2n) is 12.4. The molecule has 0 saturated carbocycles. The topological polar surface area (TPSA) is 76.1 Å². The Morgan fingerprint density at radius 1 is 0.680 bits per heavy atom. The lowest BCUT2D eigenvalue weighted by Gasteiger charge is -2.13. The Hall–Kier alpha value is -5.04. The van der Waals surface area contributed by atoms with E-state index in [0.29, 0.717) is 48.0 Å². The van der Waals surface area contributed by atoms with Gasteiger partial charge in [-0.3, -0.25) is 0 Å². The summed E-state index contributed by atoms with van der Waals surface area (Å²) in [5, 5.41) is 2.54. The van der Waals surface area contributed by atoms with Gasteiger partial charge < -0.3 is 23.7 Å². The Morgan fingerprint density at radius 3 is 2.02 bits per heavy atom. The molecular weight excluding hydrogens is 626 g/mol. The normalized spacial score (nSPS) is 11.0. The maximum Gasteiger partial charge on any atom is 0.338 e. The number of nitrogens with zero attached hydrogens (tertiary/aromatic N) is 1. The molecule has 0 bridgehead atoms. The minimum atomic E-state index is -0.402. The van der Waals surface area contributed by atoms with Gasteiger partial charge >= 0.3 is 5.97 Å². The van der Waals surface area contributed by atoms with E-state index in [2.05, 4.69) is 13.5 Å². The van der Waals surface area contributed by atoms with E-state index in [1.54, 1.807) is 19.2 Å². The summed E-state index contributed by atoms with van der Waals surface area (Å²) >= 11 is 0. The molecule has 0 radical (unpaired) electrons. The first-order valence-corrected chi connectivity index (χ1v) is 17.9. The van der Waals surface area contributed by atoms with E-state index in [4.69, 9.17) is 28.7 Å². The van der Waals surface area contributed by atoms with Gasteiger partial charge in [-0.1, -0.05) is 63.3 Å². The lowest BCUT2D eigenvalue weighted by molar-refractivity contribution is 0.0509. The van der Waals surface area contributed by atoms with Crippen molar-refractivity contribution in [1.29, 1.82) is 0 Å². The van der Waals surface area contributed by atoms with Gasteiger partial charge in [-0.25, -0.2) is 9.78 Å². The molecular formula is C43H49NO6. The number of allylic oxidation sites excluding steroid dienone is 1. The fourth-order valence-electron chi connectivity index (χ4n) is 5.76. The number of benzene rings is 4. The van der Waals surface area contributed by atoms with Crippen LogP contribution in [0.1, 0.15) is 80.6 Å². The molecule has 262 valence electrons. The number of hydrogen-bond acceptors (Lipinski definition) is 7. The van der Waals surface area contributed by atoms with Gasteiger partial charge in [0.1, 0.15) is 23.0 Å². The van der Waals surface area contributed by atoms with Crippen molar-refractivity contribution in [2.75, 3.05) is 26.9 Å². The number of hydrogen-bond donors (Lipinski definition) is 0. The SMILES string of the molecule is C=CCCCCCCOc1ccc(CCOC(=O)c2ccc3c(c2)c(Oc2ccc(OCCCCCC)cc2)nc2cc(OC)ccc23)cc1. The van der Waals surface area contributed by atoms with Crippen LogP contribution in [0.15, 0.2) is 97.6 Å². The highest BCUT2D eigenvalue weighted by Gasteiger charge is 2.16. The lowest BCUT2D eigenvalue weighted by atomic mass is 10.0. The number of unbranched alkanes of at least 4 members (excludes halogenated alkanes) is 7. The fraction of sp³-hybridized carbons (Fsp3) is 0.349. The highest BCUT2D eigenvalue weighted by Crippen LogP contribution is 2.36. The van der Waals surface area contributed by atoms with Crippen LogP contribution in [0.25, 0.3) is 21.7 Å². The number of carbonyl (C=O) groups is 1. The standard InChI is InChI=1S/C43H49NO6/c1-4-6-8-10-11-13-28-47-34-17-14-32(15-18-34)26-29-49-43(45)33-16-24-38-39-25-23-37(46-3)31-41(39)44-42(40(38)30-33)50-36-21-19-35(20-22-36)48-27-12-9-7-5-2/h4,14-25,30-31H,1,5-13,26-29H2,2-3H3. The highest BCUT2D eigenvalue weighted by molar-refractivity contribution is 6.10. The van der Waals surface area contributed by atoms with Crippen molar-refractivity contribution in [3.05, 3.63) is 109 Å². The van der Waals surface area contributed by atoms with Crippen molar-refractivity contribution in [3.63, 3.8) is 0 Å². The maximum absolute atomic E-state index is 13.2. The molecule has 0 atom stereocenters. The first kappa shape index (κ1) is 36.2. The van der Waals surface area contributed by atoms with Gasteiger partial charge in [0.15, 0.2) is 0 Å². The average molecular weight is 676 g/mol. The molecule has 1 aromatic heterocycles. The van der Waals surface area contributed by atoms with Gasteiger partial charge in [0.25, 0.3) is 0 Å². The lowest BCUT2D eigenvalue weighted by Crippen LogP contribution is -2.08. The Kier molecular flexibility index (Phi) is 13.9. The van der Waals surface area contributed by atoms with Crippen LogP contribution >= 0.6 is 0 Å². The van der Waals surface area contributed by atoms with Gasteiger partial charge in [0, 0.05) is 23.3 Å². The van der Waals surface area contributed by atoms with Gasteiger partial charge in [-0.05, 0) is 97.3 Å². The number of carbonyl (C=O) groups excluding carboxylic acids is 1. The Labute approximate surface area is 296 Å². The zero-order valence-electron chi connectivity index (χ0n) is 29.5. The van der Waals surface area contributed by atoms with Crippen LogP contribution in [0.4, 0.5) is 0 Å². The monoisotopic (exact) mass is 675 g/mol. The molecule has 7 heteroatoms. The molecule has 0 spiro atoms. The molecule has 0 aliphatic carbocycles. The van der Waals surface area contributed by atoms with Crippen LogP contribution in [0.5, 0.6) is 28.9 Å². The van der Waals surface area contributed by atoms with E-state index in [1.165, 1.54) is 32.1 Å². The number of pyridine rings is 1. The van der Waals surface area contributed by atoms with Crippen LogP contribution in [-0.2, 0) is 11.2 Å². The molecule has 5 rings (SSSR count). The summed E-state index contributed by atoms with van der Waals surface area (Å²) in [6.07, 6.45) is 12.9. The Morgan fingerprint density at radius 2 is 1.32 bits per heavy atom. The van der Waals surface area contributed by atoms with Crippen LogP contribution in [0, 0.1) is 0 Å². The number of ether oxygens (including phenoxy) is 5. The smallest absolute Gasteiger partial charge is 0.338 e. The van der Waals surface area contributed by atoms with Crippen LogP contribution in [0.3, 0.4) is 0 Å². The molecule has 0 aliphatic rings. The van der Waals surface area contributed by atoms with Crippen molar-refractivity contribution < 1.29 is 28.5 Å². The van der Waals surface area contributed by atoms with Crippen molar-refractivity contribution >= 4 is 27.6 Å². The minimum absolute atomic E-state index is 0.258. The summed E-state index contributed by atoms with van der Waals surface area (Å²) in [4.78, 5) is 18.1. The molecule has 0 unspecified atom stereocenters. The largest absolute Gasteiger partial charge is 0.497 e. The number of fused-ring (bicyclic) bond motifs is 3. The summed E-state index contributed by atoms with van der Waals surface area (Å²) in [7, 11) is 1.63. The number of rotatable bonds is 21. The van der Waals surface area contributed by atoms with Crippen molar-refractivity contribution in [3.8, 4) is 28.9 Å². The first-order valence-electron chi connectivity index (χ1n) is 17.9. The Bertz CT molecular complexity index is 1820. The molecule has 0 saturated heterocycles. The van der Waals surface area contributed by atoms with Crippen LogP contribution in [0.2, 0.25) is 0 Å². The quantitative estimate of drug-likeness (QED) is 0.0331. The van der Waals surface area contributed by atoms with E-state index in [-0.39, 0.29) is 6.61 Å². The molecule has 50 heavy (non-hydrogen) atoms. The van der Waals surface area contributed by atoms with Crippen LogP contribution < -0.4 is 18.9 Å². The zero-order valence-corrected chi connectivity index (χ0v) is 29.5. The predicted octanol–water partition coefficient (Wildman–Crippen LogP) is 11.1. The van der Waals surface area contributed by atoms with Gasteiger partial charge in [-0.15, -0.1) is 6.58 Å².